The molecule has 0 aliphatic carbocycles. The predicted molar refractivity (Wildman–Crippen MR) is 121 cm³/mol. The molecule has 0 radical (unpaired) electrons. The lowest BCUT2D eigenvalue weighted by Crippen LogP contribution is -2.41. The molecule has 0 bridgehead atoms. The molecule has 6 nitrogen and oxygen atoms in total. The van der Waals surface area contributed by atoms with Gasteiger partial charge in [0.05, 0.1) is 18.4 Å². The topological polar surface area (TPSA) is 81.7 Å². The fourth-order valence-corrected chi connectivity index (χ4v) is 2.93. The molecule has 1 amide bonds. The minimum Gasteiger partial charge on any atom is -0.463 e. The highest BCUT2D eigenvalue weighted by Gasteiger charge is 2.26. The van der Waals surface area contributed by atoms with E-state index in [1.54, 1.807) is 32.9 Å². The third-order valence-corrected chi connectivity index (χ3v) is 4.31. The van der Waals surface area contributed by atoms with Crippen molar-refractivity contribution in [2.45, 2.75) is 64.5 Å². The summed E-state index contributed by atoms with van der Waals surface area (Å²) in [5.41, 5.74) is 0.389. The first-order valence-corrected chi connectivity index (χ1v) is 10.6. The lowest BCUT2D eigenvalue weighted by Gasteiger charge is -2.23. The van der Waals surface area contributed by atoms with Gasteiger partial charge in [0.25, 0.3) is 0 Å². The Hall–Kier alpha value is -2.89. The van der Waals surface area contributed by atoms with Crippen LogP contribution in [0.4, 0.5) is 0 Å². The first-order chi connectivity index (χ1) is 14.6. The fourth-order valence-electron chi connectivity index (χ4n) is 2.93. The number of esters is 2. The summed E-state index contributed by atoms with van der Waals surface area (Å²) in [4.78, 5) is 37.0. The predicted octanol–water partition coefficient (Wildman–Crippen LogP) is 4.15. The van der Waals surface area contributed by atoms with Crippen molar-refractivity contribution >= 4 is 17.8 Å². The lowest BCUT2D eigenvalue weighted by atomic mass is 10.0. The van der Waals surface area contributed by atoms with Crippen molar-refractivity contribution in [1.82, 2.24) is 5.32 Å². The van der Waals surface area contributed by atoms with Crippen LogP contribution in [0, 0.1) is 5.92 Å². The van der Waals surface area contributed by atoms with Gasteiger partial charge in [0.1, 0.15) is 12.2 Å². The summed E-state index contributed by atoms with van der Waals surface area (Å²) in [7, 11) is 0. The summed E-state index contributed by atoms with van der Waals surface area (Å²) in [6.07, 6.45) is 4.88. The SMILES string of the molecule is C=CCCC(=O)NC(COC(=O)C(CC=C)CC(=O)OC(C)(C)C)Cc1ccccc1. The number of hydrogen-bond donors (Lipinski definition) is 1. The van der Waals surface area contributed by atoms with Gasteiger partial charge >= 0.3 is 11.9 Å². The molecule has 0 heterocycles. The van der Waals surface area contributed by atoms with E-state index in [-0.39, 0.29) is 25.0 Å². The molecule has 2 unspecified atom stereocenters. The van der Waals surface area contributed by atoms with E-state index in [0.717, 1.165) is 5.56 Å². The molecular formula is C25H35NO5. The zero-order chi connectivity index (χ0) is 23.3. The first-order valence-electron chi connectivity index (χ1n) is 10.6. The highest BCUT2D eigenvalue weighted by molar-refractivity contribution is 5.80. The van der Waals surface area contributed by atoms with Crippen molar-refractivity contribution in [3.63, 3.8) is 0 Å². The van der Waals surface area contributed by atoms with E-state index in [0.29, 0.717) is 25.7 Å². The molecular weight excluding hydrogens is 394 g/mol. The normalized spacial score (nSPS) is 12.9. The van der Waals surface area contributed by atoms with Gasteiger partial charge in [-0.3, -0.25) is 14.4 Å². The molecule has 0 aliphatic rings. The van der Waals surface area contributed by atoms with Gasteiger partial charge in [-0.1, -0.05) is 42.5 Å². The molecule has 0 fully saturated rings. The quantitative estimate of drug-likeness (QED) is 0.376. The molecule has 1 rings (SSSR count). The van der Waals surface area contributed by atoms with Crippen molar-refractivity contribution in [3.05, 3.63) is 61.2 Å². The number of amides is 1. The van der Waals surface area contributed by atoms with Crippen LogP contribution in [-0.2, 0) is 30.3 Å². The van der Waals surface area contributed by atoms with Crippen LogP contribution in [0.2, 0.25) is 0 Å². The maximum Gasteiger partial charge on any atom is 0.309 e. The molecule has 0 saturated heterocycles. The number of hydrogen-bond acceptors (Lipinski definition) is 5. The standard InChI is InChI=1S/C25H35NO5/c1-6-8-15-22(27)26-21(16-19-13-10-9-11-14-19)18-30-24(29)20(12-7-2)17-23(28)31-25(3,4)5/h6-7,9-11,13-14,20-21H,1-2,8,12,15-18H2,3-5H3,(H,26,27). The average molecular weight is 430 g/mol. The second kappa shape index (κ2) is 13.4. The Labute approximate surface area is 185 Å². The summed E-state index contributed by atoms with van der Waals surface area (Å²) in [6, 6.07) is 9.27. The minimum atomic E-state index is -0.679. The molecule has 1 aromatic rings. The smallest absolute Gasteiger partial charge is 0.309 e. The van der Waals surface area contributed by atoms with Gasteiger partial charge in [0, 0.05) is 6.42 Å². The van der Waals surface area contributed by atoms with E-state index in [1.807, 2.05) is 30.3 Å². The summed E-state index contributed by atoms with van der Waals surface area (Å²) >= 11 is 0. The molecule has 6 heteroatoms. The van der Waals surface area contributed by atoms with Gasteiger partial charge in [-0.2, -0.15) is 0 Å². The monoisotopic (exact) mass is 429 g/mol. The zero-order valence-corrected chi connectivity index (χ0v) is 18.9. The fraction of sp³-hybridized carbons (Fsp3) is 0.480. The van der Waals surface area contributed by atoms with Gasteiger partial charge in [-0.25, -0.2) is 0 Å². The Balaban J connectivity index is 2.75. The summed E-state index contributed by atoms with van der Waals surface area (Å²) in [6.45, 7) is 12.6. The van der Waals surface area contributed by atoms with Crippen LogP contribution in [0.3, 0.4) is 0 Å². The maximum atomic E-state index is 12.6. The minimum absolute atomic E-state index is 0.00944. The van der Waals surface area contributed by atoms with Crippen molar-refractivity contribution in [1.29, 1.82) is 0 Å². The van der Waals surface area contributed by atoms with Crippen LogP contribution >= 0.6 is 0 Å². The number of ether oxygens (including phenoxy) is 2. The Kier molecular flexibility index (Phi) is 11.3. The average Bonchev–Trinajstić information content (AvgIpc) is 2.69. The Morgan fingerprint density at radius 3 is 2.35 bits per heavy atom. The van der Waals surface area contributed by atoms with Crippen LogP contribution in [0.25, 0.3) is 0 Å². The van der Waals surface area contributed by atoms with Crippen molar-refractivity contribution < 1.29 is 23.9 Å². The van der Waals surface area contributed by atoms with Gasteiger partial charge in [-0.15, -0.1) is 13.2 Å². The lowest BCUT2D eigenvalue weighted by molar-refractivity contribution is -0.161. The number of allylic oxidation sites excluding steroid dienone is 2. The Morgan fingerprint density at radius 1 is 1.10 bits per heavy atom. The summed E-state index contributed by atoms with van der Waals surface area (Å²) < 4.78 is 10.8. The molecule has 0 saturated carbocycles. The van der Waals surface area contributed by atoms with E-state index in [4.69, 9.17) is 9.47 Å². The highest BCUT2D eigenvalue weighted by Crippen LogP contribution is 2.17. The molecule has 170 valence electrons. The third kappa shape index (κ3) is 11.8. The van der Waals surface area contributed by atoms with E-state index in [2.05, 4.69) is 18.5 Å². The zero-order valence-electron chi connectivity index (χ0n) is 18.9. The molecule has 1 aromatic carbocycles. The van der Waals surface area contributed by atoms with E-state index in [9.17, 15) is 14.4 Å². The maximum absolute atomic E-state index is 12.6. The third-order valence-electron chi connectivity index (χ3n) is 4.31. The number of benzene rings is 1. The first kappa shape index (κ1) is 26.1. The molecule has 31 heavy (non-hydrogen) atoms. The van der Waals surface area contributed by atoms with Gasteiger partial charge in [0.2, 0.25) is 5.91 Å². The van der Waals surface area contributed by atoms with Gasteiger partial charge in [-0.05, 0) is 45.6 Å². The van der Waals surface area contributed by atoms with E-state index >= 15 is 0 Å². The van der Waals surface area contributed by atoms with Crippen molar-refractivity contribution in [2.75, 3.05) is 6.61 Å². The highest BCUT2D eigenvalue weighted by atomic mass is 16.6. The molecule has 0 aliphatic heterocycles. The Morgan fingerprint density at radius 2 is 1.77 bits per heavy atom. The van der Waals surface area contributed by atoms with Crippen LogP contribution in [0.5, 0.6) is 0 Å². The molecule has 2 atom stereocenters. The van der Waals surface area contributed by atoms with Crippen molar-refractivity contribution in [2.24, 2.45) is 5.92 Å². The molecule has 0 aromatic heterocycles. The second-order valence-corrected chi connectivity index (χ2v) is 8.42. The van der Waals surface area contributed by atoms with E-state index in [1.165, 1.54) is 0 Å². The van der Waals surface area contributed by atoms with Gasteiger partial charge in [0.15, 0.2) is 0 Å². The summed E-state index contributed by atoms with van der Waals surface area (Å²) in [5.74, 6) is -1.78. The number of rotatable bonds is 13. The van der Waals surface area contributed by atoms with Gasteiger partial charge < -0.3 is 14.8 Å². The summed E-state index contributed by atoms with van der Waals surface area (Å²) in [5, 5.41) is 2.92. The second-order valence-electron chi connectivity index (χ2n) is 8.42. The molecule has 1 N–H and O–H groups in total. The number of carbonyl (C=O) groups is 3. The molecule has 0 spiro atoms. The van der Waals surface area contributed by atoms with Crippen LogP contribution < -0.4 is 5.32 Å². The largest absolute Gasteiger partial charge is 0.463 e. The van der Waals surface area contributed by atoms with Crippen LogP contribution in [0.15, 0.2) is 55.6 Å². The van der Waals surface area contributed by atoms with E-state index < -0.39 is 23.5 Å². The van der Waals surface area contributed by atoms with Crippen LogP contribution in [0.1, 0.15) is 52.0 Å². The number of carbonyl (C=O) groups excluding carboxylic acids is 3. The van der Waals surface area contributed by atoms with Crippen LogP contribution in [-0.4, -0.2) is 36.1 Å². The number of nitrogens with one attached hydrogen (secondary N) is 1. The Bertz CT molecular complexity index is 736. The van der Waals surface area contributed by atoms with Crippen molar-refractivity contribution in [3.8, 4) is 0 Å².